The number of nitrogens with one attached hydrogen (secondary N) is 1. The quantitative estimate of drug-likeness (QED) is 0.778. The molecule has 2 saturated heterocycles. The molecular formula is C15H31N3. The molecule has 2 heterocycles. The monoisotopic (exact) mass is 253 g/mol. The van der Waals surface area contributed by atoms with Crippen molar-refractivity contribution in [3.8, 4) is 0 Å². The Balaban J connectivity index is 1.79. The van der Waals surface area contributed by atoms with Gasteiger partial charge in [0, 0.05) is 25.2 Å². The highest BCUT2D eigenvalue weighted by atomic mass is 15.2. The van der Waals surface area contributed by atoms with Crippen LogP contribution in [0.2, 0.25) is 0 Å². The van der Waals surface area contributed by atoms with Gasteiger partial charge < -0.3 is 15.1 Å². The van der Waals surface area contributed by atoms with E-state index < -0.39 is 0 Å². The van der Waals surface area contributed by atoms with Crippen LogP contribution in [0.1, 0.15) is 39.0 Å². The minimum absolute atomic E-state index is 0.425. The van der Waals surface area contributed by atoms with Gasteiger partial charge in [0.25, 0.3) is 0 Å². The molecule has 0 amide bonds. The molecule has 2 aliphatic rings. The first kappa shape index (κ1) is 14.3. The van der Waals surface area contributed by atoms with Crippen LogP contribution < -0.4 is 5.32 Å². The smallest absolute Gasteiger partial charge is 0.0309 e. The van der Waals surface area contributed by atoms with Gasteiger partial charge in [-0.15, -0.1) is 0 Å². The molecule has 0 bridgehead atoms. The molecule has 2 aliphatic heterocycles. The van der Waals surface area contributed by atoms with E-state index in [2.05, 4.69) is 36.1 Å². The van der Waals surface area contributed by atoms with Gasteiger partial charge in [0.2, 0.25) is 0 Å². The third-order valence-electron chi connectivity index (χ3n) is 4.69. The molecule has 0 spiro atoms. The van der Waals surface area contributed by atoms with Crippen LogP contribution in [0.25, 0.3) is 0 Å². The maximum Gasteiger partial charge on any atom is 0.0309 e. The lowest BCUT2D eigenvalue weighted by Gasteiger charge is -2.35. The van der Waals surface area contributed by atoms with Gasteiger partial charge in [-0.05, 0) is 58.8 Å². The minimum atomic E-state index is 0.425. The van der Waals surface area contributed by atoms with Crippen LogP contribution in [-0.2, 0) is 0 Å². The zero-order valence-corrected chi connectivity index (χ0v) is 12.5. The van der Waals surface area contributed by atoms with Crippen LogP contribution in [-0.4, -0.2) is 62.2 Å². The zero-order chi connectivity index (χ0) is 13.0. The second-order valence-corrected chi connectivity index (χ2v) is 6.67. The molecule has 3 nitrogen and oxygen atoms in total. The number of nitrogens with zero attached hydrogens (tertiary/aromatic N) is 2. The lowest BCUT2D eigenvalue weighted by Crippen LogP contribution is -2.49. The Bertz CT molecular complexity index is 248. The Labute approximate surface area is 113 Å². The van der Waals surface area contributed by atoms with E-state index >= 15 is 0 Å². The van der Waals surface area contributed by atoms with Crippen LogP contribution in [0.5, 0.6) is 0 Å². The summed E-state index contributed by atoms with van der Waals surface area (Å²) in [5, 5.41) is 3.78. The average molecular weight is 253 g/mol. The summed E-state index contributed by atoms with van der Waals surface area (Å²) < 4.78 is 0. The number of hydrogen-bond donors (Lipinski definition) is 1. The highest BCUT2D eigenvalue weighted by Crippen LogP contribution is 2.26. The third-order valence-corrected chi connectivity index (χ3v) is 4.69. The molecule has 0 aliphatic carbocycles. The highest BCUT2D eigenvalue weighted by molar-refractivity contribution is 4.95. The summed E-state index contributed by atoms with van der Waals surface area (Å²) in [7, 11) is 4.56. The number of rotatable bonds is 6. The van der Waals surface area contributed by atoms with Crippen molar-refractivity contribution in [2.75, 3.05) is 46.8 Å². The van der Waals surface area contributed by atoms with Crippen molar-refractivity contribution in [2.45, 2.75) is 44.6 Å². The van der Waals surface area contributed by atoms with E-state index in [9.17, 15) is 0 Å². The molecular weight excluding hydrogens is 222 g/mol. The van der Waals surface area contributed by atoms with Gasteiger partial charge in [-0.25, -0.2) is 0 Å². The SMILES string of the molecule is CCCC1(CN(C)CC2CCN(C)C2)CCCN1. The van der Waals surface area contributed by atoms with Crippen LogP contribution in [0.15, 0.2) is 0 Å². The van der Waals surface area contributed by atoms with Crippen molar-refractivity contribution in [3.63, 3.8) is 0 Å². The molecule has 0 aromatic rings. The molecule has 3 heteroatoms. The molecule has 2 rings (SSSR count). The predicted octanol–water partition coefficient (Wildman–Crippen LogP) is 1.79. The van der Waals surface area contributed by atoms with Gasteiger partial charge >= 0.3 is 0 Å². The maximum atomic E-state index is 3.78. The van der Waals surface area contributed by atoms with Crippen molar-refractivity contribution < 1.29 is 0 Å². The number of likely N-dealkylation sites (N-methyl/N-ethyl adjacent to an activating group) is 1. The maximum absolute atomic E-state index is 3.78. The van der Waals surface area contributed by atoms with E-state index in [1.165, 1.54) is 64.8 Å². The Morgan fingerprint density at radius 1 is 1.44 bits per heavy atom. The molecule has 18 heavy (non-hydrogen) atoms. The summed E-state index contributed by atoms with van der Waals surface area (Å²) in [5.41, 5.74) is 0.425. The average Bonchev–Trinajstić information content (AvgIpc) is 2.89. The normalized spacial score (nSPS) is 33.7. The van der Waals surface area contributed by atoms with Crippen molar-refractivity contribution >= 4 is 0 Å². The Kier molecular flexibility index (Phi) is 5.05. The molecule has 0 saturated carbocycles. The van der Waals surface area contributed by atoms with Gasteiger partial charge in [-0.1, -0.05) is 13.3 Å². The summed E-state index contributed by atoms with van der Waals surface area (Å²) in [6.45, 7) is 8.63. The molecule has 0 aromatic carbocycles. The van der Waals surface area contributed by atoms with Gasteiger partial charge in [-0.3, -0.25) is 0 Å². The lowest BCUT2D eigenvalue weighted by atomic mass is 9.91. The second-order valence-electron chi connectivity index (χ2n) is 6.67. The summed E-state index contributed by atoms with van der Waals surface area (Å²) in [6.07, 6.45) is 6.75. The first-order valence-corrected chi connectivity index (χ1v) is 7.76. The van der Waals surface area contributed by atoms with E-state index in [0.29, 0.717) is 5.54 Å². The molecule has 2 atom stereocenters. The van der Waals surface area contributed by atoms with Gasteiger partial charge in [0.05, 0.1) is 0 Å². The molecule has 2 unspecified atom stereocenters. The number of hydrogen-bond acceptors (Lipinski definition) is 3. The summed E-state index contributed by atoms with van der Waals surface area (Å²) >= 11 is 0. The predicted molar refractivity (Wildman–Crippen MR) is 78.0 cm³/mol. The van der Waals surface area contributed by atoms with Crippen LogP contribution >= 0.6 is 0 Å². The number of likely N-dealkylation sites (tertiary alicyclic amines) is 1. The Hall–Kier alpha value is -0.120. The second kappa shape index (κ2) is 6.36. The van der Waals surface area contributed by atoms with E-state index in [0.717, 1.165) is 5.92 Å². The minimum Gasteiger partial charge on any atom is -0.310 e. The fourth-order valence-electron chi connectivity index (χ4n) is 3.97. The van der Waals surface area contributed by atoms with E-state index in [1.54, 1.807) is 0 Å². The standard InChI is InChI=1S/C15H31N3/c1-4-7-15(8-5-9-16-15)13-18(3)12-14-6-10-17(2)11-14/h14,16H,4-13H2,1-3H3. The van der Waals surface area contributed by atoms with E-state index in [1.807, 2.05) is 0 Å². The third kappa shape index (κ3) is 3.69. The Morgan fingerprint density at radius 2 is 2.28 bits per heavy atom. The summed E-state index contributed by atoms with van der Waals surface area (Å²) in [6, 6.07) is 0. The van der Waals surface area contributed by atoms with Crippen molar-refractivity contribution in [1.82, 2.24) is 15.1 Å². The molecule has 0 radical (unpaired) electrons. The molecule has 1 N–H and O–H groups in total. The topological polar surface area (TPSA) is 18.5 Å². The van der Waals surface area contributed by atoms with Crippen LogP contribution in [0.4, 0.5) is 0 Å². The van der Waals surface area contributed by atoms with Gasteiger partial charge in [0.1, 0.15) is 0 Å². The highest BCUT2D eigenvalue weighted by Gasteiger charge is 2.34. The fraction of sp³-hybridized carbons (Fsp3) is 1.00. The lowest BCUT2D eigenvalue weighted by molar-refractivity contribution is 0.191. The summed E-state index contributed by atoms with van der Waals surface area (Å²) in [5.74, 6) is 0.889. The van der Waals surface area contributed by atoms with Gasteiger partial charge in [-0.2, -0.15) is 0 Å². The first-order valence-electron chi connectivity index (χ1n) is 7.76. The zero-order valence-electron chi connectivity index (χ0n) is 12.5. The molecule has 0 aromatic heterocycles. The first-order chi connectivity index (χ1) is 8.63. The van der Waals surface area contributed by atoms with E-state index in [-0.39, 0.29) is 0 Å². The van der Waals surface area contributed by atoms with Crippen LogP contribution in [0, 0.1) is 5.92 Å². The summed E-state index contributed by atoms with van der Waals surface area (Å²) in [4.78, 5) is 5.05. The molecule has 2 fully saturated rings. The van der Waals surface area contributed by atoms with Crippen molar-refractivity contribution in [1.29, 1.82) is 0 Å². The Morgan fingerprint density at radius 3 is 2.83 bits per heavy atom. The molecule has 106 valence electrons. The van der Waals surface area contributed by atoms with Crippen LogP contribution in [0.3, 0.4) is 0 Å². The largest absolute Gasteiger partial charge is 0.310 e. The fourth-order valence-corrected chi connectivity index (χ4v) is 3.97. The van der Waals surface area contributed by atoms with Crippen molar-refractivity contribution in [3.05, 3.63) is 0 Å². The van der Waals surface area contributed by atoms with Gasteiger partial charge in [0.15, 0.2) is 0 Å². The van der Waals surface area contributed by atoms with Crippen molar-refractivity contribution in [2.24, 2.45) is 5.92 Å². The van der Waals surface area contributed by atoms with E-state index in [4.69, 9.17) is 0 Å².